The number of ether oxygens (including phenoxy) is 3. The van der Waals surface area contributed by atoms with E-state index in [2.05, 4.69) is 22.6 Å². The number of hydrogen-bond donors (Lipinski definition) is 1. The number of anilines is 1. The van der Waals surface area contributed by atoms with Crippen LogP contribution in [0.4, 0.5) is 5.82 Å². The van der Waals surface area contributed by atoms with Gasteiger partial charge in [-0.2, -0.15) is 0 Å². The Morgan fingerprint density at radius 2 is 1.79 bits per heavy atom. The molecule has 0 aliphatic heterocycles. The number of nitrogens with zero attached hydrogens (tertiary/aromatic N) is 2. The van der Waals surface area contributed by atoms with Gasteiger partial charge in [-0.1, -0.05) is 19.1 Å². The van der Waals surface area contributed by atoms with E-state index in [0.717, 1.165) is 6.42 Å². The van der Waals surface area contributed by atoms with Gasteiger partial charge >= 0.3 is 0 Å². The standard InChI is InChI=1S/C21H23N3O5/c1-5-14-6-9-16(10-7-14)28-13(2)21(25)22-20-19(23-29-24-20)15-8-11-17(26-3)18(12-15)27-4/h6-13H,5H2,1-4H3,(H,22,24,25)/t13-/m0/s1. The second-order valence-corrected chi connectivity index (χ2v) is 6.28. The lowest BCUT2D eigenvalue weighted by Crippen LogP contribution is -2.30. The van der Waals surface area contributed by atoms with Gasteiger partial charge in [-0.05, 0) is 59.6 Å². The summed E-state index contributed by atoms with van der Waals surface area (Å²) in [6.07, 6.45) is 0.200. The summed E-state index contributed by atoms with van der Waals surface area (Å²) in [5.74, 6) is 1.54. The summed E-state index contributed by atoms with van der Waals surface area (Å²) in [6, 6.07) is 12.9. The fourth-order valence-electron chi connectivity index (χ4n) is 2.72. The zero-order valence-electron chi connectivity index (χ0n) is 16.8. The highest BCUT2D eigenvalue weighted by Crippen LogP contribution is 2.33. The first kappa shape index (κ1) is 20.2. The van der Waals surface area contributed by atoms with E-state index < -0.39 is 6.10 Å². The third kappa shape index (κ3) is 4.66. The van der Waals surface area contributed by atoms with Gasteiger partial charge in [-0.25, -0.2) is 4.63 Å². The van der Waals surface area contributed by atoms with E-state index in [1.807, 2.05) is 24.3 Å². The number of nitrogens with one attached hydrogen (secondary N) is 1. The first-order valence-corrected chi connectivity index (χ1v) is 9.17. The van der Waals surface area contributed by atoms with Crippen LogP contribution < -0.4 is 19.5 Å². The molecular formula is C21H23N3O5. The molecule has 1 N–H and O–H groups in total. The molecule has 3 aromatic rings. The molecule has 152 valence electrons. The molecule has 1 aromatic heterocycles. The van der Waals surface area contributed by atoms with Gasteiger partial charge in [0, 0.05) is 5.56 Å². The zero-order chi connectivity index (χ0) is 20.8. The van der Waals surface area contributed by atoms with Crippen molar-refractivity contribution >= 4 is 11.7 Å². The van der Waals surface area contributed by atoms with Crippen molar-refractivity contribution in [2.45, 2.75) is 26.4 Å². The molecule has 0 fully saturated rings. The molecule has 2 aromatic carbocycles. The number of hydrogen-bond acceptors (Lipinski definition) is 7. The average Bonchev–Trinajstić information content (AvgIpc) is 3.21. The molecule has 0 radical (unpaired) electrons. The summed E-state index contributed by atoms with van der Waals surface area (Å²) in [6.45, 7) is 3.74. The third-order valence-electron chi connectivity index (χ3n) is 4.40. The van der Waals surface area contributed by atoms with Crippen molar-refractivity contribution in [3.05, 3.63) is 48.0 Å². The van der Waals surface area contributed by atoms with Gasteiger partial charge in [0.2, 0.25) is 5.82 Å². The molecule has 29 heavy (non-hydrogen) atoms. The van der Waals surface area contributed by atoms with Crippen LogP contribution in [0.2, 0.25) is 0 Å². The predicted molar refractivity (Wildman–Crippen MR) is 107 cm³/mol. The molecule has 0 bridgehead atoms. The maximum absolute atomic E-state index is 12.6. The molecule has 0 aliphatic rings. The quantitative estimate of drug-likeness (QED) is 0.619. The topological polar surface area (TPSA) is 95.7 Å². The number of aryl methyl sites for hydroxylation is 1. The van der Waals surface area contributed by atoms with Gasteiger partial charge in [-0.15, -0.1) is 0 Å². The van der Waals surface area contributed by atoms with Crippen molar-refractivity contribution in [3.8, 4) is 28.5 Å². The number of rotatable bonds is 8. The third-order valence-corrected chi connectivity index (χ3v) is 4.40. The van der Waals surface area contributed by atoms with E-state index in [9.17, 15) is 4.79 Å². The lowest BCUT2D eigenvalue weighted by Gasteiger charge is -2.14. The van der Waals surface area contributed by atoms with Crippen LogP contribution in [-0.4, -0.2) is 36.5 Å². The highest BCUT2D eigenvalue weighted by atomic mass is 16.6. The maximum Gasteiger partial charge on any atom is 0.266 e. The number of carbonyl (C=O) groups excluding carboxylic acids is 1. The molecule has 0 saturated carbocycles. The van der Waals surface area contributed by atoms with Gasteiger partial charge in [-0.3, -0.25) is 4.79 Å². The Balaban J connectivity index is 1.72. The van der Waals surface area contributed by atoms with Crippen LogP contribution in [0.25, 0.3) is 11.3 Å². The lowest BCUT2D eigenvalue weighted by atomic mass is 10.1. The number of methoxy groups -OCH3 is 2. The van der Waals surface area contributed by atoms with Crippen molar-refractivity contribution < 1.29 is 23.6 Å². The second kappa shape index (κ2) is 9.09. The van der Waals surface area contributed by atoms with E-state index >= 15 is 0 Å². The Bertz CT molecular complexity index is 969. The fourth-order valence-corrected chi connectivity index (χ4v) is 2.72. The molecule has 8 heteroatoms. The minimum Gasteiger partial charge on any atom is -0.493 e. The zero-order valence-corrected chi connectivity index (χ0v) is 16.8. The van der Waals surface area contributed by atoms with Crippen LogP contribution in [0.1, 0.15) is 19.4 Å². The van der Waals surface area contributed by atoms with Crippen molar-refractivity contribution in [1.82, 2.24) is 10.3 Å². The summed E-state index contributed by atoms with van der Waals surface area (Å²) < 4.78 is 21.1. The van der Waals surface area contributed by atoms with E-state index in [-0.39, 0.29) is 11.7 Å². The lowest BCUT2D eigenvalue weighted by molar-refractivity contribution is -0.122. The molecule has 0 aliphatic carbocycles. The Morgan fingerprint density at radius 1 is 1.07 bits per heavy atom. The SMILES string of the molecule is CCc1ccc(O[C@@H](C)C(=O)Nc2nonc2-c2ccc(OC)c(OC)c2)cc1. The van der Waals surface area contributed by atoms with Crippen LogP contribution in [0.15, 0.2) is 47.1 Å². The largest absolute Gasteiger partial charge is 0.493 e. The van der Waals surface area contributed by atoms with Crippen molar-refractivity contribution in [1.29, 1.82) is 0 Å². The van der Waals surface area contributed by atoms with Crippen LogP contribution in [0.5, 0.6) is 17.2 Å². The highest BCUT2D eigenvalue weighted by Gasteiger charge is 2.21. The second-order valence-electron chi connectivity index (χ2n) is 6.28. The molecular weight excluding hydrogens is 374 g/mol. The number of aromatic nitrogens is 2. The summed E-state index contributed by atoms with van der Waals surface area (Å²) in [4.78, 5) is 12.6. The Labute approximate surface area is 168 Å². The predicted octanol–water partition coefficient (Wildman–Crippen LogP) is 3.72. The summed E-state index contributed by atoms with van der Waals surface area (Å²) in [5.41, 5.74) is 2.23. The van der Waals surface area contributed by atoms with Crippen molar-refractivity contribution in [2.75, 3.05) is 19.5 Å². The smallest absolute Gasteiger partial charge is 0.266 e. The Morgan fingerprint density at radius 3 is 2.45 bits per heavy atom. The highest BCUT2D eigenvalue weighted by molar-refractivity contribution is 5.96. The van der Waals surface area contributed by atoms with Crippen LogP contribution >= 0.6 is 0 Å². The Hall–Kier alpha value is -3.55. The van der Waals surface area contributed by atoms with Crippen molar-refractivity contribution in [2.24, 2.45) is 0 Å². The number of carbonyl (C=O) groups is 1. The fraction of sp³-hybridized carbons (Fsp3) is 0.286. The normalized spacial score (nSPS) is 11.6. The molecule has 1 amide bonds. The van der Waals surface area contributed by atoms with Crippen LogP contribution in [0, 0.1) is 0 Å². The molecule has 0 unspecified atom stereocenters. The van der Waals surface area contributed by atoms with Crippen LogP contribution in [-0.2, 0) is 11.2 Å². The molecule has 1 atom stereocenters. The van der Waals surface area contributed by atoms with Crippen molar-refractivity contribution in [3.63, 3.8) is 0 Å². The van der Waals surface area contributed by atoms with Gasteiger partial charge in [0.25, 0.3) is 5.91 Å². The van der Waals surface area contributed by atoms with Gasteiger partial charge in [0.15, 0.2) is 23.3 Å². The van der Waals surface area contributed by atoms with E-state index in [4.69, 9.17) is 18.8 Å². The molecule has 8 nitrogen and oxygen atoms in total. The minimum atomic E-state index is -0.738. The number of amides is 1. The first-order valence-electron chi connectivity index (χ1n) is 9.17. The Kier molecular flexibility index (Phi) is 6.33. The molecule has 1 heterocycles. The van der Waals surface area contributed by atoms with E-state index in [1.54, 1.807) is 32.2 Å². The van der Waals surface area contributed by atoms with E-state index in [0.29, 0.717) is 28.5 Å². The minimum absolute atomic E-state index is 0.194. The summed E-state index contributed by atoms with van der Waals surface area (Å²) in [7, 11) is 3.09. The average molecular weight is 397 g/mol. The summed E-state index contributed by atoms with van der Waals surface area (Å²) in [5, 5.41) is 10.4. The summed E-state index contributed by atoms with van der Waals surface area (Å²) >= 11 is 0. The van der Waals surface area contributed by atoms with E-state index in [1.165, 1.54) is 12.7 Å². The number of benzene rings is 2. The molecule has 3 rings (SSSR count). The van der Waals surface area contributed by atoms with Gasteiger partial charge < -0.3 is 19.5 Å². The van der Waals surface area contributed by atoms with Gasteiger partial charge in [0.1, 0.15) is 5.75 Å². The van der Waals surface area contributed by atoms with Crippen LogP contribution in [0.3, 0.4) is 0 Å². The molecule has 0 spiro atoms. The van der Waals surface area contributed by atoms with Gasteiger partial charge in [0.05, 0.1) is 14.2 Å². The monoisotopic (exact) mass is 397 g/mol. The maximum atomic E-state index is 12.6. The first-order chi connectivity index (χ1) is 14.0. The molecule has 0 saturated heterocycles.